The summed E-state index contributed by atoms with van der Waals surface area (Å²) in [6, 6.07) is 3.41. The Balaban J connectivity index is 2.51. The number of amidine groups is 1. The SMILES string of the molecule is NCC=C1CCN(c2ccc(SNCC(O)CN)c(S(N)(=O)=O)c2/C(N)=N/NN)CC1. The monoisotopic (exact) mass is 473 g/mol. The Kier molecular flexibility index (Phi) is 9.52. The molecule has 1 aromatic carbocycles. The van der Waals surface area contributed by atoms with Crippen molar-refractivity contribution < 1.29 is 13.5 Å². The van der Waals surface area contributed by atoms with Crippen molar-refractivity contribution in [3.05, 3.63) is 29.3 Å². The lowest BCUT2D eigenvalue weighted by Gasteiger charge is -2.33. The first-order valence-corrected chi connectivity index (χ1v) is 12.0. The van der Waals surface area contributed by atoms with Crippen LogP contribution in [0.5, 0.6) is 0 Å². The molecule has 1 heterocycles. The van der Waals surface area contributed by atoms with Crippen LogP contribution < -0.4 is 43.3 Å². The van der Waals surface area contributed by atoms with Crippen molar-refractivity contribution in [2.45, 2.75) is 28.7 Å². The quantitative estimate of drug-likeness (QED) is 0.0455. The third-order valence-corrected chi connectivity index (χ3v) is 6.74. The molecule has 1 saturated heterocycles. The lowest BCUT2D eigenvalue weighted by Crippen LogP contribution is -2.35. The molecule has 1 unspecified atom stereocenters. The molecule has 2 rings (SSSR count). The highest BCUT2D eigenvalue weighted by atomic mass is 32.2. The van der Waals surface area contributed by atoms with Gasteiger partial charge in [0.15, 0.2) is 5.84 Å². The fourth-order valence-electron chi connectivity index (χ4n) is 3.26. The summed E-state index contributed by atoms with van der Waals surface area (Å²) >= 11 is 1.00. The summed E-state index contributed by atoms with van der Waals surface area (Å²) in [6.45, 7) is 2.00. The maximum atomic E-state index is 12.6. The molecular weight excluding hydrogens is 442 g/mol. The van der Waals surface area contributed by atoms with Crippen LogP contribution in [0.1, 0.15) is 18.4 Å². The summed E-state index contributed by atoms with van der Waals surface area (Å²) in [5.74, 6) is 5.17. The van der Waals surface area contributed by atoms with Gasteiger partial charge in [-0.1, -0.05) is 11.6 Å². The van der Waals surface area contributed by atoms with E-state index in [-0.39, 0.29) is 29.4 Å². The third-order valence-electron chi connectivity index (χ3n) is 4.75. The lowest BCUT2D eigenvalue weighted by atomic mass is 10.0. The molecule has 0 spiro atoms. The van der Waals surface area contributed by atoms with Gasteiger partial charge in [0, 0.05) is 43.3 Å². The van der Waals surface area contributed by atoms with E-state index in [0.29, 0.717) is 30.2 Å². The average Bonchev–Trinajstić information content (AvgIpc) is 2.73. The van der Waals surface area contributed by atoms with Gasteiger partial charge in [-0.25, -0.2) is 24.9 Å². The molecule has 12 nitrogen and oxygen atoms in total. The second-order valence-electron chi connectivity index (χ2n) is 6.88. The summed E-state index contributed by atoms with van der Waals surface area (Å²) in [7, 11) is -4.20. The van der Waals surface area contributed by atoms with Gasteiger partial charge in [-0.05, 0) is 36.9 Å². The number of nitrogens with zero attached hydrogens (tertiary/aromatic N) is 2. The number of sulfonamides is 1. The number of hydrogen-bond donors (Lipinski definition) is 8. The van der Waals surface area contributed by atoms with Gasteiger partial charge in [0.1, 0.15) is 4.90 Å². The zero-order valence-corrected chi connectivity index (χ0v) is 18.8. The highest BCUT2D eigenvalue weighted by Gasteiger charge is 2.28. The molecule has 0 radical (unpaired) electrons. The van der Waals surface area contributed by atoms with Gasteiger partial charge in [0.25, 0.3) is 0 Å². The van der Waals surface area contributed by atoms with E-state index in [1.165, 1.54) is 5.57 Å². The van der Waals surface area contributed by atoms with Gasteiger partial charge in [-0.15, -0.1) is 5.10 Å². The van der Waals surface area contributed by atoms with Crippen molar-refractivity contribution in [3.8, 4) is 0 Å². The number of piperidine rings is 1. The Morgan fingerprint density at radius 3 is 2.55 bits per heavy atom. The van der Waals surface area contributed by atoms with Crippen molar-refractivity contribution in [1.29, 1.82) is 0 Å². The Hall–Kier alpha value is -1.91. The van der Waals surface area contributed by atoms with E-state index in [9.17, 15) is 13.5 Å². The van der Waals surface area contributed by atoms with E-state index in [1.54, 1.807) is 12.1 Å². The number of nitrogens with one attached hydrogen (secondary N) is 2. The largest absolute Gasteiger partial charge is 0.390 e. The van der Waals surface area contributed by atoms with Crippen LogP contribution in [-0.2, 0) is 10.0 Å². The van der Waals surface area contributed by atoms with Crippen molar-refractivity contribution in [2.75, 3.05) is 37.6 Å². The summed E-state index contributed by atoms with van der Waals surface area (Å²) in [6.07, 6.45) is 2.82. The molecule has 13 N–H and O–H groups in total. The Morgan fingerprint density at radius 1 is 1.32 bits per heavy atom. The molecule has 0 aromatic heterocycles. The zero-order valence-electron chi connectivity index (χ0n) is 17.1. The van der Waals surface area contributed by atoms with Crippen molar-refractivity contribution in [3.63, 3.8) is 0 Å². The molecule has 31 heavy (non-hydrogen) atoms. The van der Waals surface area contributed by atoms with Crippen LogP contribution in [0.15, 0.2) is 38.7 Å². The van der Waals surface area contributed by atoms with Gasteiger partial charge < -0.3 is 27.2 Å². The lowest BCUT2D eigenvalue weighted by molar-refractivity contribution is 0.188. The summed E-state index contributed by atoms with van der Waals surface area (Å²) in [5.41, 5.74) is 21.2. The molecule has 0 amide bonds. The second-order valence-corrected chi connectivity index (χ2v) is 9.31. The molecule has 1 atom stereocenters. The van der Waals surface area contributed by atoms with Crippen LogP contribution in [0.25, 0.3) is 0 Å². The number of aliphatic hydroxyl groups excluding tert-OH is 1. The number of rotatable bonds is 10. The summed E-state index contributed by atoms with van der Waals surface area (Å²) in [4.78, 5) is 2.16. The topological polar surface area (TPSA) is 224 Å². The van der Waals surface area contributed by atoms with Crippen LogP contribution in [-0.4, -0.2) is 58.2 Å². The highest BCUT2D eigenvalue weighted by Crippen LogP contribution is 2.35. The molecule has 0 aliphatic carbocycles. The molecule has 174 valence electrons. The van der Waals surface area contributed by atoms with Gasteiger partial charge in [0.2, 0.25) is 10.0 Å². The van der Waals surface area contributed by atoms with Crippen molar-refractivity contribution in [1.82, 2.24) is 10.3 Å². The van der Waals surface area contributed by atoms with Gasteiger partial charge in [-0.3, -0.25) is 4.72 Å². The van der Waals surface area contributed by atoms with E-state index in [4.69, 9.17) is 28.2 Å². The predicted octanol–water partition coefficient (Wildman–Crippen LogP) is -2.18. The number of hydrogen-bond acceptors (Lipinski definition) is 11. The number of anilines is 1. The van der Waals surface area contributed by atoms with E-state index in [0.717, 1.165) is 24.8 Å². The Bertz CT molecular complexity index is 912. The second kappa shape index (κ2) is 11.6. The average molecular weight is 474 g/mol. The minimum absolute atomic E-state index is 0.0666. The Labute approximate surface area is 186 Å². The van der Waals surface area contributed by atoms with Crippen LogP contribution in [0.4, 0.5) is 5.69 Å². The smallest absolute Gasteiger partial charge is 0.240 e. The fourth-order valence-corrected chi connectivity index (χ4v) is 5.33. The van der Waals surface area contributed by atoms with E-state index < -0.39 is 16.1 Å². The highest BCUT2D eigenvalue weighted by molar-refractivity contribution is 7.98. The van der Waals surface area contributed by atoms with Crippen LogP contribution in [0.2, 0.25) is 0 Å². The van der Waals surface area contributed by atoms with E-state index >= 15 is 0 Å². The molecule has 1 aliphatic heterocycles. The maximum absolute atomic E-state index is 12.6. The number of primary sulfonamides is 1. The third kappa shape index (κ3) is 6.78. The molecular formula is C17H31N9O3S2. The van der Waals surface area contributed by atoms with E-state index in [2.05, 4.69) is 15.4 Å². The van der Waals surface area contributed by atoms with Gasteiger partial charge in [-0.2, -0.15) is 0 Å². The normalized spacial score (nSPS) is 16.4. The molecule has 1 fully saturated rings. The van der Waals surface area contributed by atoms with Crippen LogP contribution in [0, 0.1) is 0 Å². The molecule has 1 aliphatic rings. The first kappa shape index (κ1) is 25.4. The predicted molar refractivity (Wildman–Crippen MR) is 123 cm³/mol. The number of benzene rings is 1. The molecule has 0 saturated carbocycles. The number of aliphatic hydroxyl groups is 1. The maximum Gasteiger partial charge on any atom is 0.240 e. The zero-order chi connectivity index (χ0) is 23.0. The van der Waals surface area contributed by atoms with Gasteiger partial charge in [0.05, 0.1) is 11.7 Å². The first-order valence-electron chi connectivity index (χ1n) is 9.62. The standard InChI is InChI=1S/C17H31N9O3S2/c18-6-3-11-4-7-26(8-5-11)13-1-2-14(30-23-10-12(27)9-19)16(31(22,28)29)15(13)17(20)24-25-21/h1-3,12,23,25,27H,4-10,18-19,21H2,(H2,20,24)(H2,22,28,29). The molecule has 14 heteroatoms. The van der Waals surface area contributed by atoms with E-state index in [1.807, 2.05) is 11.0 Å². The van der Waals surface area contributed by atoms with Crippen LogP contribution in [0.3, 0.4) is 0 Å². The van der Waals surface area contributed by atoms with Crippen molar-refractivity contribution in [2.24, 2.45) is 33.3 Å². The Morgan fingerprint density at radius 2 is 2.00 bits per heavy atom. The van der Waals surface area contributed by atoms with Gasteiger partial charge >= 0.3 is 0 Å². The minimum Gasteiger partial charge on any atom is -0.390 e. The summed E-state index contributed by atoms with van der Waals surface area (Å²) in [5, 5.41) is 19.0. The van der Waals surface area contributed by atoms with Crippen molar-refractivity contribution >= 4 is 33.5 Å². The molecule has 1 aromatic rings. The fraction of sp³-hybridized carbons (Fsp3) is 0.471. The number of hydrazine groups is 1. The number of nitrogens with two attached hydrogens (primary N) is 5. The van der Waals surface area contributed by atoms with Crippen LogP contribution >= 0.6 is 11.9 Å². The summed E-state index contributed by atoms with van der Waals surface area (Å²) < 4.78 is 28.0. The minimum atomic E-state index is -4.20. The first-order chi connectivity index (χ1) is 14.7. The number of hydrazone groups is 1. The molecule has 0 bridgehead atoms.